The summed E-state index contributed by atoms with van der Waals surface area (Å²) in [5.41, 5.74) is 1.05. The van der Waals surface area contributed by atoms with Crippen LogP contribution in [0, 0.1) is 5.92 Å². The van der Waals surface area contributed by atoms with Crippen molar-refractivity contribution in [1.29, 1.82) is 0 Å². The smallest absolute Gasteiger partial charge is 0.259 e. The molecule has 1 saturated heterocycles. The molecule has 2 N–H and O–H groups in total. The Morgan fingerprint density at radius 2 is 2.00 bits per heavy atom. The van der Waals surface area contributed by atoms with Crippen LogP contribution in [-0.2, 0) is 11.3 Å². The molecule has 0 aromatic heterocycles. The molecule has 1 aliphatic heterocycles. The number of nitrogens with one attached hydrogen (secondary N) is 2. The van der Waals surface area contributed by atoms with Crippen molar-refractivity contribution in [1.82, 2.24) is 20.4 Å². The fourth-order valence-electron chi connectivity index (χ4n) is 3.32. The summed E-state index contributed by atoms with van der Waals surface area (Å²) >= 11 is 0. The number of nitrogens with zero attached hydrogens (tertiary/aromatic N) is 3. The fourth-order valence-corrected chi connectivity index (χ4v) is 3.32. The Morgan fingerprint density at radius 1 is 1.26 bits per heavy atom. The van der Waals surface area contributed by atoms with Crippen LogP contribution in [0.4, 0.5) is 0 Å². The lowest BCUT2D eigenvalue weighted by molar-refractivity contribution is -0.130. The number of hydrogen-bond acceptors (Lipinski definition) is 4. The Labute approximate surface area is 205 Å². The lowest BCUT2D eigenvalue weighted by Gasteiger charge is -2.30. The van der Waals surface area contributed by atoms with E-state index < -0.39 is 0 Å². The van der Waals surface area contributed by atoms with Crippen LogP contribution in [0.1, 0.15) is 38.7 Å². The van der Waals surface area contributed by atoms with Crippen LogP contribution in [0.3, 0.4) is 0 Å². The van der Waals surface area contributed by atoms with E-state index in [1.165, 1.54) is 30.8 Å². The maximum Gasteiger partial charge on any atom is 0.259 e. The maximum atomic E-state index is 11.7. The zero-order valence-electron chi connectivity index (χ0n) is 19.5. The number of piperidine rings is 1. The second-order valence-electron chi connectivity index (χ2n) is 8.22. The molecule has 1 heterocycles. The molecule has 0 spiro atoms. The second kappa shape index (κ2) is 15.3. The van der Waals surface area contributed by atoms with E-state index in [1.54, 1.807) is 14.1 Å². The number of carbonyl (C=O) groups excluding carboxylic acids is 1. The number of benzene rings is 1. The molecule has 1 aromatic rings. The topological polar surface area (TPSA) is 69.2 Å². The molecule has 2 rings (SSSR count). The molecular formula is C23H40IN5O2. The standard InChI is InChI=1S/C23H39N5O2.HI/c1-5-24-23(25-12-7-13-28-14-10-19(2)11-15-28)26-17-20-8-6-9-21(16-20)30-18-22(29)27(3)4;/h6,8-9,16,19H,5,7,10-15,17-18H2,1-4H3,(H2,24,25,26);1H. The van der Waals surface area contributed by atoms with Crippen LogP contribution >= 0.6 is 24.0 Å². The van der Waals surface area contributed by atoms with E-state index in [0.29, 0.717) is 12.3 Å². The van der Waals surface area contributed by atoms with Gasteiger partial charge in [-0.05, 0) is 69.4 Å². The molecule has 0 aliphatic carbocycles. The predicted molar refractivity (Wildman–Crippen MR) is 138 cm³/mol. The average molecular weight is 546 g/mol. The van der Waals surface area contributed by atoms with E-state index in [-0.39, 0.29) is 36.5 Å². The summed E-state index contributed by atoms with van der Waals surface area (Å²) in [6, 6.07) is 7.75. The summed E-state index contributed by atoms with van der Waals surface area (Å²) in [5.74, 6) is 2.34. The molecule has 176 valence electrons. The van der Waals surface area contributed by atoms with Crippen molar-refractivity contribution in [2.45, 2.75) is 39.7 Å². The first-order valence-electron chi connectivity index (χ1n) is 11.1. The number of likely N-dealkylation sites (tertiary alicyclic amines) is 1. The highest BCUT2D eigenvalue weighted by Crippen LogP contribution is 2.16. The first kappa shape index (κ1) is 27.5. The van der Waals surface area contributed by atoms with Crippen LogP contribution in [-0.4, -0.2) is 75.1 Å². The number of guanidine groups is 1. The van der Waals surface area contributed by atoms with Gasteiger partial charge in [-0.1, -0.05) is 19.1 Å². The molecule has 8 heteroatoms. The zero-order valence-corrected chi connectivity index (χ0v) is 21.9. The summed E-state index contributed by atoms with van der Waals surface area (Å²) in [4.78, 5) is 20.5. The number of amides is 1. The van der Waals surface area contributed by atoms with Gasteiger partial charge in [0.25, 0.3) is 5.91 Å². The van der Waals surface area contributed by atoms with Gasteiger partial charge in [-0.25, -0.2) is 4.99 Å². The average Bonchev–Trinajstić information content (AvgIpc) is 2.74. The van der Waals surface area contributed by atoms with Crippen molar-refractivity contribution in [3.63, 3.8) is 0 Å². The molecule has 1 aliphatic rings. The van der Waals surface area contributed by atoms with Gasteiger partial charge in [-0.15, -0.1) is 24.0 Å². The summed E-state index contributed by atoms with van der Waals surface area (Å²) in [7, 11) is 3.44. The van der Waals surface area contributed by atoms with Crippen molar-refractivity contribution >= 4 is 35.8 Å². The lowest BCUT2D eigenvalue weighted by Crippen LogP contribution is -2.39. The molecule has 1 amide bonds. The number of ether oxygens (including phenoxy) is 1. The molecular weight excluding hydrogens is 505 g/mol. The number of aliphatic imine (C=N–C) groups is 1. The molecule has 0 saturated carbocycles. The quantitative estimate of drug-likeness (QED) is 0.205. The predicted octanol–water partition coefficient (Wildman–Crippen LogP) is 2.95. The summed E-state index contributed by atoms with van der Waals surface area (Å²) in [5, 5.41) is 6.75. The highest BCUT2D eigenvalue weighted by molar-refractivity contribution is 14.0. The third kappa shape index (κ3) is 11.0. The Bertz CT molecular complexity index is 676. The van der Waals surface area contributed by atoms with Crippen LogP contribution in [0.5, 0.6) is 5.75 Å². The first-order chi connectivity index (χ1) is 14.5. The van der Waals surface area contributed by atoms with Gasteiger partial charge in [-0.3, -0.25) is 4.79 Å². The van der Waals surface area contributed by atoms with Crippen molar-refractivity contribution in [2.24, 2.45) is 10.9 Å². The zero-order chi connectivity index (χ0) is 21.8. The minimum Gasteiger partial charge on any atom is -0.484 e. The largest absolute Gasteiger partial charge is 0.484 e. The molecule has 7 nitrogen and oxygen atoms in total. The van der Waals surface area contributed by atoms with Crippen LogP contribution < -0.4 is 15.4 Å². The minimum absolute atomic E-state index is 0. The van der Waals surface area contributed by atoms with Gasteiger partial charge in [0.2, 0.25) is 0 Å². The maximum absolute atomic E-state index is 11.7. The molecule has 0 bridgehead atoms. The van der Waals surface area contributed by atoms with Crippen molar-refractivity contribution in [3.8, 4) is 5.75 Å². The third-order valence-electron chi connectivity index (χ3n) is 5.34. The van der Waals surface area contributed by atoms with Gasteiger partial charge in [0.15, 0.2) is 12.6 Å². The van der Waals surface area contributed by atoms with E-state index in [1.807, 2.05) is 24.3 Å². The van der Waals surface area contributed by atoms with Crippen LogP contribution in [0.15, 0.2) is 29.3 Å². The number of hydrogen-bond donors (Lipinski definition) is 2. The third-order valence-corrected chi connectivity index (χ3v) is 5.34. The number of halogens is 1. The van der Waals surface area contributed by atoms with E-state index >= 15 is 0 Å². The molecule has 0 radical (unpaired) electrons. The highest BCUT2D eigenvalue weighted by Gasteiger charge is 2.14. The lowest BCUT2D eigenvalue weighted by atomic mass is 9.99. The second-order valence-corrected chi connectivity index (χ2v) is 8.22. The normalized spacial score (nSPS) is 15.2. The van der Waals surface area contributed by atoms with Gasteiger partial charge in [0.05, 0.1) is 6.54 Å². The monoisotopic (exact) mass is 545 g/mol. The van der Waals surface area contributed by atoms with Crippen molar-refractivity contribution in [3.05, 3.63) is 29.8 Å². The molecule has 0 unspecified atom stereocenters. The Morgan fingerprint density at radius 3 is 2.68 bits per heavy atom. The molecule has 1 aromatic carbocycles. The van der Waals surface area contributed by atoms with E-state index in [4.69, 9.17) is 9.73 Å². The van der Waals surface area contributed by atoms with Gasteiger partial charge >= 0.3 is 0 Å². The summed E-state index contributed by atoms with van der Waals surface area (Å²) in [6.45, 7) is 10.4. The number of carbonyl (C=O) groups is 1. The fraction of sp³-hybridized carbons (Fsp3) is 0.652. The molecule has 1 fully saturated rings. The Kier molecular flexibility index (Phi) is 13.6. The summed E-state index contributed by atoms with van der Waals surface area (Å²) < 4.78 is 5.59. The first-order valence-corrected chi connectivity index (χ1v) is 11.1. The van der Waals surface area contributed by atoms with Gasteiger partial charge in [0, 0.05) is 27.2 Å². The van der Waals surface area contributed by atoms with Crippen molar-refractivity contribution < 1.29 is 9.53 Å². The van der Waals surface area contributed by atoms with Gasteiger partial charge in [-0.2, -0.15) is 0 Å². The number of rotatable bonds is 10. The van der Waals surface area contributed by atoms with Gasteiger partial charge < -0.3 is 25.2 Å². The number of likely N-dealkylation sites (N-methyl/N-ethyl adjacent to an activating group) is 1. The van der Waals surface area contributed by atoms with E-state index in [0.717, 1.165) is 43.5 Å². The van der Waals surface area contributed by atoms with Crippen molar-refractivity contribution in [2.75, 3.05) is 53.4 Å². The SMILES string of the molecule is CCNC(=NCc1cccc(OCC(=O)N(C)C)c1)NCCCN1CCC(C)CC1.I. The Balaban J connectivity index is 0.00000480. The van der Waals surface area contributed by atoms with E-state index in [2.05, 4.69) is 29.4 Å². The van der Waals surface area contributed by atoms with Crippen LogP contribution in [0.25, 0.3) is 0 Å². The molecule has 0 atom stereocenters. The highest BCUT2D eigenvalue weighted by atomic mass is 127. The summed E-state index contributed by atoms with van der Waals surface area (Å²) in [6.07, 6.45) is 3.76. The van der Waals surface area contributed by atoms with E-state index in [9.17, 15) is 4.79 Å². The Hall–Kier alpha value is -1.55. The minimum atomic E-state index is -0.0591. The van der Waals surface area contributed by atoms with Gasteiger partial charge in [0.1, 0.15) is 5.75 Å². The van der Waals surface area contributed by atoms with Crippen LogP contribution in [0.2, 0.25) is 0 Å². The molecule has 31 heavy (non-hydrogen) atoms.